The van der Waals surface area contributed by atoms with Gasteiger partial charge in [-0.3, -0.25) is 4.90 Å². The molecule has 0 amide bonds. The van der Waals surface area contributed by atoms with Crippen LogP contribution in [0.2, 0.25) is 0 Å². The van der Waals surface area contributed by atoms with Crippen molar-refractivity contribution >= 4 is 26.7 Å². The maximum atomic E-state index is 5.80. The van der Waals surface area contributed by atoms with Crippen molar-refractivity contribution in [2.75, 3.05) is 18.8 Å². The van der Waals surface area contributed by atoms with Crippen molar-refractivity contribution < 1.29 is 0 Å². The highest BCUT2D eigenvalue weighted by molar-refractivity contribution is 7.22. The van der Waals surface area contributed by atoms with Gasteiger partial charge in [-0.05, 0) is 48.9 Å². The standard InChI is InChI=1S/C17H23N3S/c18-17-19-15-6-5-12(9-16(15)21-17)10-20-8-7-13-3-1-2-4-14(13)11-20/h5-6,9,13-14H,1-4,7-8,10-11H2,(H2,18,19). The molecule has 1 saturated heterocycles. The molecule has 1 aromatic heterocycles. The molecule has 2 unspecified atom stereocenters. The second-order valence-electron chi connectivity index (χ2n) is 6.68. The SMILES string of the molecule is Nc1nc2ccc(CN3CCC4CCCCC4C3)cc2s1. The Kier molecular flexibility index (Phi) is 3.59. The van der Waals surface area contributed by atoms with Crippen LogP contribution in [0.15, 0.2) is 18.2 Å². The Balaban J connectivity index is 1.46. The van der Waals surface area contributed by atoms with Gasteiger partial charge < -0.3 is 5.73 Å². The smallest absolute Gasteiger partial charge is 0.181 e. The number of fused-ring (bicyclic) bond motifs is 2. The first-order valence-electron chi connectivity index (χ1n) is 8.15. The van der Waals surface area contributed by atoms with Crippen molar-refractivity contribution in [3.8, 4) is 0 Å². The maximum Gasteiger partial charge on any atom is 0.181 e. The molecule has 21 heavy (non-hydrogen) atoms. The predicted octanol–water partition coefficient (Wildman–Crippen LogP) is 3.89. The number of rotatable bonds is 2. The summed E-state index contributed by atoms with van der Waals surface area (Å²) in [5.74, 6) is 1.97. The Morgan fingerprint density at radius 3 is 2.95 bits per heavy atom. The van der Waals surface area contributed by atoms with Crippen LogP contribution in [0.5, 0.6) is 0 Å². The van der Waals surface area contributed by atoms with E-state index in [1.54, 1.807) is 11.3 Å². The lowest BCUT2D eigenvalue weighted by molar-refractivity contribution is 0.0821. The number of thiazole rings is 1. The molecule has 1 aromatic carbocycles. The first-order chi connectivity index (χ1) is 10.3. The molecule has 4 rings (SSSR count). The predicted molar refractivity (Wildman–Crippen MR) is 89.4 cm³/mol. The average molecular weight is 301 g/mol. The van der Waals surface area contributed by atoms with E-state index in [0.717, 1.165) is 23.9 Å². The second-order valence-corrected chi connectivity index (χ2v) is 7.74. The largest absolute Gasteiger partial charge is 0.375 e. The molecule has 112 valence electrons. The summed E-state index contributed by atoms with van der Waals surface area (Å²) in [4.78, 5) is 6.99. The molecule has 2 fully saturated rings. The summed E-state index contributed by atoms with van der Waals surface area (Å²) in [6, 6.07) is 6.61. The van der Waals surface area contributed by atoms with Crippen LogP contribution in [-0.2, 0) is 6.54 Å². The fraction of sp³-hybridized carbons (Fsp3) is 0.588. The van der Waals surface area contributed by atoms with E-state index in [0.29, 0.717) is 5.13 Å². The van der Waals surface area contributed by atoms with E-state index in [2.05, 4.69) is 28.1 Å². The van der Waals surface area contributed by atoms with E-state index >= 15 is 0 Å². The van der Waals surface area contributed by atoms with Gasteiger partial charge in [-0.15, -0.1) is 0 Å². The molecule has 3 nitrogen and oxygen atoms in total. The summed E-state index contributed by atoms with van der Waals surface area (Å²) in [6.45, 7) is 3.65. The van der Waals surface area contributed by atoms with Crippen molar-refractivity contribution in [1.29, 1.82) is 0 Å². The maximum absolute atomic E-state index is 5.80. The molecule has 1 aliphatic heterocycles. The molecule has 1 saturated carbocycles. The molecule has 4 heteroatoms. The van der Waals surface area contributed by atoms with Gasteiger partial charge in [0.25, 0.3) is 0 Å². The average Bonchev–Trinajstić information content (AvgIpc) is 2.86. The topological polar surface area (TPSA) is 42.1 Å². The minimum atomic E-state index is 0.671. The number of hydrogen-bond donors (Lipinski definition) is 1. The van der Waals surface area contributed by atoms with E-state index in [-0.39, 0.29) is 0 Å². The lowest BCUT2D eigenvalue weighted by atomic mass is 9.75. The fourth-order valence-corrected chi connectivity index (χ4v) is 4.96. The molecule has 0 spiro atoms. The van der Waals surface area contributed by atoms with Gasteiger partial charge in [-0.1, -0.05) is 36.7 Å². The molecule has 2 N–H and O–H groups in total. The van der Waals surface area contributed by atoms with Crippen molar-refractivity contribution in [2.45, 2.75) is 38.6 Å². The number of aromatic nitrogens is 1. The minimum Gasteiger partial charge on any atom is -0.375 e. The molecule has 1 aliphatic carbocycles. The van der Waals surface area contributed by atoms with Gasteiger partial charge in [0.05, 0.1) is 10.2 Å². The quantitative estimate of drug-likeness (QED) is 0.915. The summed E-state index contributed by atoms with van der Waals surface area (Å²) in [5.41, 5.74) is 8.23. The van der Waals surface area contributed by atoms with Crippen LogP contribution < -0.4 is 5.73 Å². The van der Waals surface area contributed by atoms with Gasteiger partial charge >= 0.3 is 0 Å². The number of nitrogens with two attached hydrogens (primary N) is 1. The summed E-state index contributed by atoms with van der Waals surface area (Å²) >= 11 is 1.59. The Bertz CT molecular complexity index is 636. The molecular formula is C17H23N3S. The number of nitrogens with zero attached hydrogens (tertiary/aromatic N) is 2. The highest BCUT2D eigenvalue weighted by Crippen LogP contribution is 2.36. The number of benzene rings is 1. The van der Waals surface area contributed by atoms with E-state index in [1.807, 2.05) is 0 Å². The van der Waals surface area contributed by atoms with Gasteiger partial charge in [0, 0.05) is 13.1 Å². The minimum absolute atomic E-state index is 0.671. The number of nitrogen functional groups attached to an aromatic ring is 1. The van der Waals surface area contributed by atoms with Crippen molar-refractivity contribution in [2.24, 2.45) is 11.8 Å². The zero-order chi connectivity index (χ0) is 14.2. The lowest BCUT2D eigenvalue weighted by Crippen LogP contribution is -2.41. The van der Waals surface area contributed by atoms with Gasteiger partial charge in [0.2, 0.25) is 0 Å². The number of anilines is 1. The van der Waals surface area contributed by atoms with E-state index < -0.39 is 0 Å². The zero-order valence-corrected chi connectivity index (χ0v) is 13.2. The lowest BCUT2D eigenvalue weighted by Gasteiger charge is -2.41. The van der Waals surface area contributed by atoms with Crippen LogP contribution >= 0.6 is 11.3 Å². The molecule has 0 radical (unpaired) electrons. The molecule has 0 bridgehead atoms. The third-order valence-electron chi connectivity index (χ3n) is 5.25. The highest BCUT2D eigenvalue weighted by atomic mass is 32.1. The van der Waals surface area contributed by atoms with E-state index in [9.17, 15) is 0 Å². The first-order valence-corrected chi connectivity index (χ1v) is 8.97. The van der Waals surface area contributed by atoms with Crippen LogP contribution in [-0.4, -0.2) is 23.0 Å². The van der Waals surface area contributed by atoms with Crippen LogP contribution in [0, 0.1) is 11.8 Å². The Labute approximate surface area is 130 Å². The zero-order valence-electron chi connectivity index (χ0n) is 12.4. The van der Waals surface area contributed by atoms with Crippen LogP contribution in [0.25, 0.3) is 10.2 Å². The number of piperidine rings is 1. The van der Waals surface area contributed by atoms with Gasteiger partial charge in [-0.2, -0.15) is 0 Å². The van der Waals surface area contributed by atoms with Crippen molar-refractivity contribution in [3.05, 3.63) is 23.8 Å². The van der Waals surface area contributed by atoms with Crippen molar-refractivity contribution in [1.82, 2.24) is 9.88 Å². The fourth-order valence-electron chi connectivity index (χ4n) is 4.16. The Morgan fingerprint density at radius 1 is 1.19 bits per heavy atom. The van der Waals surface area contributed by atoms with Gasteiger partial charge in [0.15, 0.2) is 5.13 Å². The van der Waals surface area contributed by atoms with Gasteiger partial charge in [-0.25, -0.2) is 4.98 Å². The summed E-state index contributed by atoms with van der Waals surface area (Å²) < 4.78 is 1.22. The third kappa shape index (κ3) is 2.79. The normalized spacial score (nSPS) is 26.9. The number of likely N-dealkylation sites (tertiary alicyclic amines) is 1. The van der Waals surface area contributed by atoms with Crippen LogP contribution in [0.3, 0.4) is 0 Å². The molecular weight excluding hydrogens is 278 g/mol. The monoisotopic (exact) mass is 301 g/mol. The van der Waals surface area contributed by atoms with Crippen molar-refractivity contribution in [3.63, 3.8) is 0 Å². The molecule has 2 aliphatic rings. The Hall–Kier alpha value is -1.13. The van der Waals surface area contributed by atoms with Gasteiger partial charge in [0.1, 0.15) is 0 Å². The second kappa shape index (κ2) is 5.58. The Morgan fingerprint density at radius 2 is 2.05 bits per heavy atom. The number of hydrogen-bond acceptors (Lipinski definition) is 4. The first kappa shape index (κ1) is 13.5. The molecule has 2 atom stereocenters. The summed E-state index contributed by atoms with van der Waals surface area (Å²) in [6.07, 6.45) is 7.24. The summed E-state index contributed by atoms with van der Waals surface area (Å²) in [5, 5.41) is 0.671. The molecule has 2 heterocycles. The van der Waals surface area contributed by atoms with Crippen LogP contribution in [0.1, 0.15) is 37.7 Å². The molecule has 2 aromatic rings. The third-order valence-corrected chi connectivity index (χ3v) is 6.10. The highest BCUT2D eigenvalue weighted by Gasteiger charge is 2.30. The van der Waals surface area contributed by atoms with Crippen LogP contribution in [0.4, 0.5) is 5.13 Å². The van der Waals surface area contributed by atoms with E-state index in [4.69, 9.17) is 5.73 Å². The van der Waals surface area contributed by atoms with E-state index in [1.165, 1.54) is 55.5 Å². The summed E-state index contributed by atoms with van der Waals surface area (Å²) in [7, 11) is 0.